The Morgan fingerprint density at radius 3 is 2.67 bits per heavy atom. The molecule has 0 amide bonds. The van der Waals surface area contributed by atoms with Crippen molar-refractivity contribution in [1.29, 1.82) is 0 Å². The van der Waals surface area contributed by atoms with Crippen LogP contribution in [0.25, 0.3) is 0 Å². The first-order valence-corrected chi connectivity index (χ1v) is 7.88. The summed E-state index contributed by atoms with van der Waals surface area (Å²) in [6.07, 6.45) is 1.60. The lowest BCUT2D eigenvalue weighted by atomic mass is 10.1. The summed E-state index contributed by atoms with van der Waals surface area (Å²) in [5, 5.41) is 12.3. The van der Waals surface area contributed by atoms with Crippen LogP contribution in [0.4, 0.5) is 0 Å². The van der Waals surface area contributed by atoms with Gasteiger partial charge in [-0.3, -0.25) is 0 Å². The van der Waals surface area contributed by atoms with E-state index in [9.17, 15) is 0 Å². The summed E-state index contributed by atoms with van der Waals surface area (Å²) >= 11 is 0. The SMILES string of the molecule is CCOc1cccc(CNCC(C)C)c1OCCCCO. The minimum atomic E-state index is 0.208. The molecular formula is C17H29NO3. The van der Waals surface area contributed by atoms with E-state index in [4.69, 9.17) is 14.6 Å². The molecule has 2 N–H and O–H groups in total. The third-order valence-corrected chi connectivity index (χ3v) is 3.03. The van der Waals surface area contributed by atoms with Gasteiger partial charge in [-0.15, -0.1) is 0 Å². The molecule has 0 spiro atoms. The van der Waals surface area contributed by atoms with Gasteiger partial charge >= 0.3 is 0 Å². The smallest absolute Gasteiger partial charge is 0.165 e. The Morgan fingerprint density at radius 2 is 2.00 bits per heavy atom. The van der Waals surface area contributed by atoms with Crippen LogP contribution in [0.15, 0.2) is 18.2 Å². The highest BCUT2D eigenvalue weighted by molar-refractivity contribution is 5.46. The molecule has 0 aliphatic heterocycles. The Balaban J connectivity index is 2.71. The van der Waals surface area contributed by atoms with E-state index in [-0.39, 0.29) is 6.61 Å². The number of unbranched alkanes of at least 4 members (excludes halogenated alkanes) is 1. The average molecular weight is 295 g/mol. The van der Waals surface area contributed by atoms with Crippen LogP contribution in [0.3, 0.4) is 0 Å². The number of hydrogen-bond acceptors (Lipinski definition) is 4. The minimum Gasteiger partial charge on any atom is -0.490 e. The minimum absolute atomic E-state index is 0.208. The molecule has 4 heteroatoms. The van der Waals surface area contributed by atoms with Crippen LogP contribution in [0.5, 0.6) is 11.5 Å². The van der Waals surface area contributed by atoms with Crippen LogP contribution in [0, 0.1) is 5.92 Å². The van der Waals surface area contributed by atoms with Crippen molar-refractivity contribution in [3.63, 3.8) is 0 Å². The third-order valence-electron chi connectivity index (χ3n) is 3.03. The van der Waals surface area contributed by atoms with Crippen molar-refractivity contribution in [2.75, 3.05) is 26.4 Å². The van der Waals surface area contributed by atoms with Gasteiger partial charge in [0.05, 0.1) is 13.2 Å². The number of rotatable bonds is 11. The fourth-order valence-electron chi connectivity index (χ4n) is 2.02. The molecule has 0 saturated heterocycles. The summed E-state index contributed by atoms with van der Waals surface area (Å²) in [7, 11) is 0. The monoisotopic (exact) mass is 295 g/mol. The summed E-state index contributed by atoms with van der Waals surface area (Å²) < 4.78 is 11.6. The van der Waals surface area contributed by atoms with Crippen LogP contribution >= 0.6 is 0 Å². The number of aliphatic hydroxyl groups excluding tert-OH is 1. The van der Waals surface area contributed by atoms with Crippen LogP contribution < -0.4 is 14.8 Å². The van der Waals surface area contributed by atoms with E-state index in [0.717, 1.165) is 43.0 Å². The van der Waals surface area contributed by atoms with Crippen LogP contribution in [-0.4, -0.2) is 31.5 Å². The highest BCUT2D eigenvalue weighted by Gasteiger charge is 2.11. The molecule has 0 radical (unpaired) electrons. The third kappa shape index (κ3) is 6.82. The molecule has 0 aliphatic rings. The zero-order chi connectivity index (χ0) is 15.5. The summed E-state index contributed by atoms with van der Waals surface area (Å²) in [5.41, 5.74) is 1.12. The van der Waals surface area contributed by atoms with Gasteiger partial charge in [-0.2, -0.15) is 0 Å². The zero-order valence-corrected chi connectivity index (χ0v) is 13.5. The maximum Gasteiger partial charge on any atom is 0.165 e. The predicted octanol–water partition coefficient (Wildman–Crippen LogP) is 2.98. The molecule has 0 saturated carbocycles. The normalized spacial score (nSPS) is 10.9. The molecule has 0 bridgehead atoms. The summed E-state index contributed by atoms with van der Waals surface area (Å²) in [4.78, 5) is 0. The Bertz CT molecular complexity index is 394. The van der Waals surface area contributed by atoms with Gasteiger partial charge in [0.25, 0.3) is 0 Å². The Morgan fingerprint density at radius 1 is 1.19 bits per heavy atom. The van der Waals surface area contributed by atoms with E-state index in [1.54, 1.807) is 0 Å². The topological polar surface area (TPSA) is 50.7 Å². The molecular weight excluding hydrogens is 266 g/mol. The molecule has 120 valence electrons. The molecule has 0 heterocycles. The van der Waals surface area contributed by atoms with Gasteiger partial charge in [0, 0.05) is 18.7 Å². The van der Waals surface area contributed by atoms with Crippen molar-refractivity contribution in [3.05, 3.63) is 23.8 Å². The van der Waals surface area contributed by atoms with E-state index in [2.05, 4.69) is 25.2 Å². The lowest BCUT2D eigenvalue weighted by Gasteiger charge is -2.17. The maximum absolute atomic E-state index is 8.83. The first kappa shape index (κ1) is 17.8. The van der Waals surface area contributed by atoms with E-state index >= 15 is 0 Å². The van der Waals surface area contributed by atoms with Crippen molar-refractivity contribution in [3.8, 4) is 11.5 Å². The second-order valence-electron chi connectivity index (χ2n) is 5.48. The molecule has 21 heavy (non-hydrogen) atoms. The molecule has 1 rings (SSSR count). The van der Waals surface area contributed by atoms with Crippen LogP contribution in [-0.2, 0) is 6.54 Å². The lowest BCUT2D eigenvalue weighted by Crippen LogP contribution is -2.19. The average Bonchev–Trinajstić information content (AvgIpc) is 2.45. The maximum atomic E-state index is 8.83. The van der Waals surface area contributed by atoms with E-state index < -0.39 is 0 Å². The van der Waals surface area contributed by atoms with Gasteiger partial charge in [-0.25, -0.2) is 0 Å². The number of aliphatic hydroxyl groups is 1. The van der Waals surface area contributed by atoms with Gasteiger partial charge in [-0.05, 0) is 38.3 Å². The highest BCUT2D eigenvalue weighted by Crippen LogP contribution is 2.31. The number of ether oxygens (including phenoxy) is 2. The van der Waals surface area contributed by atoms with Gasteiger partial charge in [-0.1, -0.05) is 26.0 Å². The van der Waals surface area contributed by atoms with Crippen LogP contribution in [0.2, 0.25) is 0 Å². The first-order chi connectivity index (χ1) is 10.2. The fraction of sp³-hybridized carbons (Fsp3) is 0.647. The molecule has 4 nitrogen and oxygen atoms in total. The highest BCUT2D eigenvalue weighted by atomic mass is 16.5. The second kappa shape index (κ2) is 10.5. The fourth-order valence-corrected chi connectivity index (χ4v) is 2.02. The molecule has 1 aromatic carbocycles. The molecule has 0 aromatic heterocycles. The summed E-state index contributed by atoms with van der Waals surface area (Å²) in [5.74, 6) is 2.24. The van der Waals surface area contributed by atoms with Crippen molar-refractivity contribution in [2.45, 2.75) is 40.2 Å². The number of nitrogens with one attached hydrogen (secondary N) is 1. The second-order valence-corrected chi connectivity index (χ2v) is 5.48. The lowest BCUT2D eigenvalue weighted by molar-refractivity contribution is 0.241. The number of para-hydroxylation sites is 1. The summed E-state index contributed by atoms with van der Waals surface area (Å²) in [6.45, 7) is 9.53. The summed E-state index contributed by atoms with van der Waals surface area (Å²) in [6, 6.07) is 6.01. The Labute approximate surface area is 128 Å². The predicted molar refractivity (Wildman–Crippen MR) is 86.0 cm³/mol. The Hall–Kier alpha value is -1.26. The largest absolute Gasteiger partial charge is 0.490 e. The zero-order valence-electron chi connectivity index (χ0n) is 13.5. The quantitative estimate of drug-likeness (QED) is 0.616. The number of hydrogen-bond donors (Lipinski definition) is 2. The van der Waals surface area contributed by atoms with Crippen LogP contribution in [0.1, 0.15) is 39.2 Å². The standard InChI is InChI=1S/C17H29NO3/c1-4-20-16-9-7-8-15(13-18-12-14(2)3)17(16)21-11-6-5-10-19/h7-9,14,18-19H,4-6,10-13H2,1-3H3. The molecule has 0 atom stereocenters. The number of benzene rings is 1. The Kier molecular flexibility index (Phi) is 8.87. The van der Waals surface area contributed by atoms with E-state index in [0.29, 0.717) is 19.1 Å². The van der Waals surface area contributed by atoms with Gasteiger partial charge in [0.1, 0.15) is 0 Å². The molecule has 0 aliphatic carbocycles. The molecule has 0 fully saturated rings. The van der Waals surface area contributed by atoms with Gasteiger partial charge in [0.2, 0.25) is 0 Å². The van der Waals surface area contributed by atoms with Crippen molar-refractivity contribution in [2.24, 2.45) is 5.92 Å². The van der Waals surface area contributed by atoms with E-state index in [1.807, 2.05) is 19.1 Å². The molecule has 0 unspecified atom stereocenters. The van der Waals surface area contributed by atoms with E-state index in [1.165, 1.54) is 0 Å². The van der Waals surface area contributed by atoms with Gasteiger partial charge in [0.15, 0.2) is 11.5 Å². The first-order valence-electron chi connectivity index (χ1n) is 7.88. The van der Waals surface area contributed by atoms with Crippen molar-refractivity contribution < 1.29 is 14.6 Å². The molecule has 1 aromatic rings. The van der Waals surface area contributed by atoms with Gasteiger partial charge < -0.3 is 19.9 Å². The van der Waals surface area contributed by atoms with Crippen molar-refractivity contribution in [1.82, 2.24) is 5.32 Å². The van der Waals surface area contributed by atoms with Crippen molar-refractivity contribution >= 4 is 0 Å².